The summed E-state index contributed by atoms with van der Waals surface area (Å²) in [6, 6.07) is 21.6. The van der Waals surface area contributed by atoms with Crippen LogP contribution in [-0.2, 0) is 6.54 Å². The number of methoxy groups -OCH3 is 1. The number of ether oxygens (including phenoxy) is 1. The molecule has 0 aliphatic carbocycles. The molecule has 0 fully saturated rings. The first-order chi connectivity index (χ1) is 12.2. The normalized spacial score (nSPS) is 11.1. The Balaban J connectivity index is 1.92. The van der Waals surface area contributed by atoms with Crippen LogP contribution in [0.3, 0.4) is 0 Å². The second kappa shape index (κ2) is 5.98. The van der Waals surface area contributed by atoms with Gasteiger partial charge in [0.05, 0.1) is 12.6 Å². The summed E-state index contributed by atoms with van der Waals surface area (Å²) in [6.45, 7) is 0.486. The largest absolute Gasteiger partial charge is 0.497 e. The maximum atomic E-state index is 11.7. The van der Waals surface area contributed by atoms with Crippen molar-refractivity contribution in [2.45, 2.75) is 6.54 Å². The van der Waals surface area contributed by atoms with Crippen molar-refractivity contribution in [1.82, 2.24) is 4.57 Å². The van der Waals surface area contributed by atoms with Gasteiger partial charge in [-0.05, 0) is 34.5 Å². The average Bonchev–Trinajstić information content (AvgIpc) is 3.00. The van der Waals surface area contributed by atoms with Gasteiger partial charge in [-0.15, -0.1) is 0 Å². The number of carboxylic acid groups (broad SMARTS) is 1. The number of benzene rings is 3. The Morgan fingerprint density at radius 2 is 1.80 bits per heavy atom. The van der Waals surface area contributed by atoms with E-state index < -0.39 is 5.97 Å². The summed E-state index contributed by atoms with van der Waals surface area (Å²) in [5.74, 6) is -0.225. The smallest absolute Gasteiger partial charge is 0.352 e. The predicted octanol–water partition coefficient (Wildman–Crippen LogP) is 4.55. The quantitative estimate of drug-likeness (QED) is 0.597. The van der Waals surface area contributed by atoms with E-state index in [9.17, 15) is 9.90 Å². The van der Waals surface area contributed by atoms with Crippen LogP contribution in [0.25, 0.3) is 21.7 Å². The molecule has 4 nitrogen and oxygen atoms in total. The molecular formula is C21H17NO3. The molecule has 0 atom stereocenters. The lowest BCUT2D eigenvalue weighted by atomic mass is 10.0. The Kier molecular flexibility index (Phi) is 3.65. The SMILES string of the molecule is COc1ccc2cc(C(=O)O)n(Cc3cccc4ccccc34)c2c1. The zero-order valence-electron chi connectivity index (χ0n) is 13.8. The minimum Gasteiger partial charge on any atom is -0.497 e. The minimum atomic E-state index is -0.935. The lowest BCUT2D eigenvalue weighted by molar-refractivity contribution is 0.0686. The number of carboxylic acids is 1. The van der Waals surface area contributed by atoms with Gasteiger partial charge in [0.1, 0.15) is 11.4 Å². The van der Waals surface area contributed by atoms with Crippen molar-refractivity contribution < 1.29 is 14.6 Å². The van der Waals surface area contributed by atoms with E-state index >= 15 is 0 Å². The number of hydrogen-bond acceptors (Lipinski definition) is 2. The van der Waals surface area contributed by atoms with Crippen molar-refractivity contribution in [2.24, 2.45) is 0 Å². The van der Waals surface area contributed by atoms with E-state index in [2.05, 4.69) is 18.2 Å². The molecule has 4 heteroatoms. The highest BCUT2D eigenvalue weighted by atomic mass is 16.5. The molecular weight excluding hydrogens is 314 g/mol. The van der Waals surface area contributed by atoms with Crippen LogP contribution in [0.1, 0.15) is 16.1 Å². The summed E-state index contributed by atoms with van der Waals surface area (Å²) in [4.78, 5) is 11.7. The van der Waals surface area contributed by atoms with Gasteiger partial charge in [-0.3, -0.25) is 0 Å². The van der Waals surface area contributed by atoms with Crippen molar-refractivity contribution in [3.05, 3.63) is 78.0 Å². The Bertz CT molecular complexity index is 1090. The van der Waals surface area contributed by atoms with E-state index in [1.165, 1.54) is 0 Å². The summed E-state index contributed by atoms with van der Waals surface area (Å²) in [6.07, 6.45) is 0. The molecule has 0 unspecified atom stereocenters. The van der Waals surface area contributed by atoms with Crippen LogP contribution in [0.4, 0.5) is 0 Å². The van der Waals surface area contributed by atoms with Gasteiger partial charge in [-0.25, -0.2) is 4.79 Å². The van der Waals surface area contributed by atoms with Crippen LogP contribution in [0.2, 0.25) is 0 Å². The molecule has 0 amide bonds. The lowest BCUT2D eigenvalue weighted by Crippen LogP contribution is -2.09. The van der Waals surface area contributed by atoms with E-state index in [1.54, 1.807) is 13.2 Å². The Hall–Kier alpha value is -3.27. The number of hydrogen-bond donors (Lipinski definition) is 1. The van der Waals surface area contributed by atoms with Crippen LogP contribution in [0, 0.1) is 0 Å². The Morgan fingerprint density at radius 1 is 1.00 bits per heavy atom. The Labute approximate surface area is 144 Å². The fourth-order valence-electron chi connectivity index (χ4n) is 3.31. The lowest BCUT2D eigenvalue weighted by Gasteiger charge is -2.12. The number of nitrogens with zero attached hydrogens (tertiary/aromatic N) is 1. The van der Waals surface area contributed by atoms with Gasteiger partial charge in [-0.2, -0.15) is 0 Å². The molecule has 25 heavy (non-hydrogen) atoms. The van der Waals surface area contributed by atoms with Crippen LogP contribution >= 0.6 is 0 Å². The molecule has 3 aromatic carbocycles. The summed E-state index contributed by atoms with van der Waals surface area (Å²) >= 11 is 0. The third kappa shape index (κ3) is 2.62. The molecule has 0 radical (unpaired) electrons. The zero-order chi connectivity index (χ0) is 17.4. The van der Waals surface area contributed by atoms with Crippen molar-refractivity contribution in [2.75, 3.05) is 7.11 Å². The molecule has 0 aliphatic rings. The number of rotatable bonds is 4. The van der Waals surface area contributed by atoms with E-state index in [4.69, 9.17) is 4.74 Å². The van der Waals surface area contributed by atoms with E-state index in [0.717, 1.165) is 27.2 Å². The molecule has 124 valence electrons. The highest BCUT2D eigenvalue weighted by molar-refractivity contribution is 5.95. The molecule has 4 aromatic rings. The maximum absolute atomic E-state index is 11.7. The molecule has 0 spiro atoms. The Morgan fingerprint density at radius 3 is 2.60 bits per heavy atom. The predicted molar refractivity (Wildman–Crippen MR) is 98.5 cm³/mol. The number of fused-ring (bicyclic) bond motifs is 2. The molecule has 0 saturated carbocycles. The fraction of sp³-hybridized carbons (Fsp3) is 0.0952. The number of aromatic nitrogens is 1. The first kappa shape index (κ1) is 15.3. The van der Waals surface area contributed by atoms with Crippen LogP contribution in [0.15, 0.2) is 66.7 Å². The summed E-state index contributed by atoms with van der Waals surface area (Å²) in [5.41, 5.74) is 2.21. The third-order valence-corrected chi connectivity index (χ3v) is 4.54. The van der Waals surface area contributed by atoms with Gasteiger partial charge in [0, 0.05) is 18.0 Å². The maximum Gasteiger partial charge on any atom is 0.352 e. The number of aromatic carboxylic acids is 1. The van der Waals surface area contributed by atoms with Crippen molar-refractivity contribution >= 4 is 27.6 Å². The van der Waals surface area contributed by atoms with Crippen molar-refractivity contribution in [1.29, 1.82) is 0 Å². The monoisotopic (exact) mass is 331 g/mol. The summed E-state index contributed by atoms with van der Waals surface area (Å²) < 4.78 is 7.14. The highest BCUT2D eigenvalue weighted by Gasteiger charge is 2.16. The van der Waals surface area contributed by atoms with Crippen molar-refractivity contribution in [3.63, 3.8) is 0 Å². The molecule has 0 aliphatic heterocycles. The van der Waals surface area contributed by atoms with Gasteiger partial charge in [0.15, 0.2) is 0 Å². The van der Waals surface area contributed by atoms with Crippen molar-refractivity contribution in [3.8, 4) is 5.75 Å². The molecule has 0 saturated heterocycles. The van der Waals surface area contributed by atoms with Crippen LogP contribution in [0.5, 0.6) is 5.75 Å². The minimum absolute atomic E-state index is 0.274. The molecule has 1 aromatic heterocycles. The van der Waals surface area contributed by atoms with E-state index in [0.29, 0.717) is 12.3 Å². The molecule has 4 rings (SSSR count). The highest BCUT2D eigenvalue weighted by Crippen LogP contribution is 2.27. The van der Waals surface area contributed by atoms with Gasteiger partial charge < -0.3 is 14.4 Å². The van der Waals surface area contributed by atoms with Gasteiger partial charge >= 0.3 is 5.97 Å². The van der Waals surface area contributed by atoms with Gasteiger partial charge in [-0.1, -0.05) is 42.5 Å². The van der Waals surface area contributed by atoms with Gasteiger partial charge in [0.2, 0.25) is 0 Å². The standard InChI is InChI=1S/C21H17NO3/c1-25-17-10-9-15-11-20(21(23)24)22(19(15)12-17)13-16-7-4-6-14-5-2-3-8-18(14)16/h2-12H,13H2,1H3,(H,23,24). The molecule has 1 heterocycles. The van der Waals surface area contributed by atoms with E-state index in [1.807, 2.05) is 47.0 Å². The number of carbonyl (C=O) groups is 1. The van der Waals surface area contributed by atoms with Crippen LogP contribution < -0.4 is 4.74 Å². The first-order valence-corrected chi connectivity index (χ1v) is 8.04. The first-order valence-electron chi connectivity index (χ1n) is 8.04. The fourth-order valence-corrected chi connectivity index (χ4v) is 3.31. The van der Waals surface area contributed by atoms with Gasteiger partial charge in [0.25, 0.3) is 0 Å². The summed E-state index contributed by atoms with van der Waals surface area (Å²) in [5, 5.41) is 12.8. The third-order valence-electron chi connectivity index (χ3n) is 4.54. The van der Waals surface area contributed by atoms with Crippen LogP contribution in [-0.4, -0.2) is 22.8 Å². The second-order valence-electron chi connectivity index (χ2n) is 5.98. The molecule has 1 N–H and O–H groups in total. The zero-order valence-corrected chi connectivity index (χ0v) is 13.8. The topological polar surface area (TPSA) is 51.5 Å². The second-order valence-corrected chi connectivity index (χ2v) is 5.98. The average molecular weight is 331 g/mol. The summed E-state index contributed by atoms with van der Waals surface area (Å²) in [7, 11) is 1.61. The molecule has 0 bridgehead atoms. The van der Waals surface area contributed by atoms with E-state index in [-0.39, 0.29) is 5.69 Å².